The van der Waals surface area contributed by atoms with Gasteiger partial charge >= 0.3 is 0 Å². The van der Waals surface area contributed by atoms with Crippen molar-refractivity contribution in [2.75, 3.05) is 26.2 Å². The van der Waals surface area contributed by atoms with Crippen LogP contribution in [0, 0.1) is 0 Å². The molecule has 0 saturated carbocycles. The van der Waals surface area contributed by atoms with E-state index >= 15 is 0 Å². The van der Waals surface area contributed by atoms with Crippen LogP contribution in [-0.4, -0.2) is 36.9 Å². The Kier molecular flexibility index (Phi) is 4.77. The lowest BCUT2D eigenvalue weighted by Gasteiger charge is -2.35. The van der Waals surface area contributed by atoms with Crippen LogP contribution in [-0.2, 0) is 0 Å². The third-order valence-corrected chi connectivity index (χ3v) is 7.08. The van der Waals surface area contributed by atoms with Gasteiger partial charge in [-0.1, -0.05) is 84.9 Å². The van der Waals surface area contributed by atoms with Gasteiger partial charge in [0, 0.05) is 11.1 Å². The van der Waals surface area contributed by atoms with Crippen molar-refractivity contribution in [2.45, 2.75) is 13.0 Å². The highest BCUT2D eigenvalue weighted by molar-refractivity contribution is 6.01. The third kappa shape index (κ3) is 3.30. The molecule has 2 aliphatic rings. The van der Waals surface area contributed by atoms with Gasteiger partial charge in [-0.05, 0) is 40.5 Å². The molecule has 0 unspecified atom stereocenters. The Labute approximate surface area is 189 Å². The molecule has 0 radical (unpaired) electrons. The van der Waals surface area contributed by atoms with Crippen LogP contribution in [0.2, 0.25) is 0 Å². The summed E-state index contributed by atoms with van der Waals surface area (Å²) in [5.74, 6) is 0. The van der Waals surface area contributed by atoms with Crippen LogP contribution in [0.4, 0.5) is 0 Å². The number of hydrazone groups is 1. The Balaban J connectivity index is 1.20. The van der Waals surface area contributed by atoms with E-state index in [2.05, 4.69) is 103 Å². The van der Waals surface area contributed by atoms with Crippen molar-refractivity contribution >= 4 is 16.5 Å². The molecular formula is C29H28N3+. The molecule has 3 heteroatoms. The zero-order valence-corrected chi connectivity index (χ0v) is 18.5. The highest BCUT2D eigenvalue weighted by Crippen LogP contribution is 2.41. The maximum Gasteiger partial charge on any atom is 0.140 e. The Morgan fingerprint density at radius 3 is 2.03 bits per heavy atom. The van der Waals surface area contributed by atoms with Crippen LogP contribution < -0.4 is 4.90 Å². The van der Waals surface area contributed by atoms with Crippen LogP contribution in [0.1, 0.15) is 29.7 Å². The molecule has 0 bridgehead atoms. The summed E-state index contributed by atoms with van der Waals surface area (Å²) in [5, 5.41) is 9.81. The van der Waals surface area contributed by atoms with Gasteiger partial charge in [-0.15, -0.1) is 0 Å². The molecule has 1 N–H and O–H groups in total. The van der Waals surface area contributed by atoms with E-state index < -0.39 is 0 Å². The van der Waals surface area contributed by atoms with Crippen molar-refractivity contribution in [3.63, 3.8) is 0 Å². The fourth-order valence-electron chi connectivity index (χ4n) is 5.45. The van der Waals surface area contributed by atoms with E-state index in [0.717, 1.165) is 31.9 Å². The Morgan fingerprint density at radius 2 is 1.34 bits per heavy atom. The topological polar surface area (TPSA) is 20.0 Å². The third-order valence-electron chi connectivity index (χ3n) is 7.08. The molecule has 0 amide bonds. The quantitative estimate of drug-likeness (QED) is 0.485. The van der Waals surface area contributed by atoms with Crippen molar-refractivity contribution in [1.82, 2.24) is 5.01 Å². The summed E-state index contributed by atoms with van der Waals surface area (Å²) >= 11 is 0. The lowest BCUT2D eigenvalue weighted by Crippen LogP contribution is -3.14. The number of hydrogen-bond acceptors (Lipinski definition) is 2. The fourth-order valence-corrected chi connectivity index (χ4v) is 5.45. The molecule has 1 aliphatic carbocycles. The number of rotatable bonds is 3. The molecule has 0 aromatic heterocycles. The molecule has 1 saturated heterocycles. The maximum atomic E-state index is 5.00. The average molecular weight is 419 g/mol. The first-order valence-corrected chi connectivity index (χ1v) is 11.6. The standard InChI is InChI=1S/C29H27N3/c1-21(23-15-14-22-8-2-3-9-24(22)20-23)30-32-18-16-31(17-19-32)29-27-12-6-4-10-25(27)26-11-5-7-13-28(26)29/h2-15,20,29H,16-19H2,1H3/p+1/b30-21-. The van der Waals surface area contributed by atoms with Crippen molar-refractivity contribution < 1.29 is 4.90 Å². The highest BCUT2D eigenvalue weighted by atomic mass is 15.5. The maximum absolute atomic E-state index is 5.00. The second kappa shape index (κ2) is 7.92. The van der Waals surface area contributed by atoms with Gasteiger partial charge in [0.1, 0.15) is 6.04 Å². The molecule has 4 aromatic carbocycles. The van der Waals surface area contributed by atoms with Crippen molar-refractivity contribution in [3.8, 4) is 11.1 Å². The number of quaternary nitrogens is 1. The number of hydrogen-bond donors (Lipinski definition) is 1. The van der Waals surface area contributed by atoms with Crippen LogP contribution in [0.15, 0.2) is 96.1 Å². The van der Waals surface area contributed by atoms with Crippen molar-refractivity contribution in [2.24, 2.45) is 5.10 Å². The van der Waals surface area contributed by atoms with E-state index in [-0.39, 0.29) is 0 Å². The minimum Gasteiger partial charge on any atom is -0.322 e. The minimum atomic E-state index is 0.440. The monoisotopic (exact) mass is 418 g/mol. The molecule has 1 aliphatic heterocycles. The summed E-state index contributed by atoms with van der Waals surface area (Å²) < 4.78 is 0. The predicted octanol–water partition coefficient (Wildman–Crippen LogP) is 4.53. The van der Waals surface area contributed by atoms with Gasteiger partial charge in [0.2, 0.25) is 0 Å². The van der Waals surface area contributed by atoms with Gasteiger partial charge in [-0.25, -0.2) is 0 Å². The van der Waals surface area contributed by atoms with E-state index in [1.807, 2.05) is 0 Å². The summed E-state index contributed by atoms with van der Waals surface area (Å²) in [6.07, 6.45) is 0. The normalized spacial score (nSPS) is 16.9. The first-order valence-electron chi connectivity index (χ1n) is 11.6. The first-order chi connectivity index (χ1) is 15.8. The fraction of sp³-hybridized carbons (Fsp3) is 0.207. The number of fused-ring (bicyclic) bond motifs is 4. The van der Waals surface area contributed by atoms with Crippen LogP contribution >= 0.6 is 0 Å². The van der Waals surface area contributed by atoms with Crippen LogP contribution in [0.5, 0.6) is 0 Å². The molecule has 1 heterocycles. The van der Waals surface area contributed by atoms with Crippen LogP contribution in [0.3, 0.4) is 0 Å². The highest BCUT2D eigenvalue weighted by Gasteiger charge is 2.37. The molecule has 0 atom stereocenters. The van der Waals surface area contributed by atoms with Crippen molar-refractivity contribution in [3.05, 3.63) is 108 Å². The summed E-state index contributed by atoms with van der Waals surface area (Å²) in [7, 11) is 0. The van der Waals surface area contributed by atoms with Gasteiger partial charge in [-0.2, -0.15) is 5.10 Å². The molecule has 3 nitrogen and oxygen atoms in total. The van der Waals surface area contributed by atoms with Gasteiger partial charge in [0.25, 0.3) is 0 Å². The summed E-state index contributed by atoms with van der Waals surface area (Å²) in [5.41, 5.74) is 8.08. The van der Waals surface area contributed by atoms with E-state index in [1.165, 1.54) is 38.6 Å². The molecular weight excluding hydrogens is 390 g/mol. The lowest BCUT2D eigenvalue weighted by molar-refractivity contribution is -0.929. The zero-order chi connectivity index (χ0) is 21.5. The van der Waals surface area contributed by atoms with E-state index in [0.29, 0.717) is 6.04 Å². The molecule has 4 aromatic rings. The first kappa shape index (κ1) is 19.3. The number of nitrogens with one attached hydrogen (secondary N) is 1. The predicted molar refractivity (Wildman–Crippen MR) is 132 cm³/mol. The average Bonchev–Trinajstić information content (AvgIpc) is 3.19. The van der Waals surface area contributed by atoms with E-state index in [4.69, 9.17) is 5.10 Å². The van der Waals surface area contributed by atoms with Crippen molar-refractivity contribution in [1.29, 1.82) is 0 Å². The summed E-state index contributed by atoms with van der Waals surface area (Å²) in [4.78, 5) is 1.65. The smallest absolute Gasteiger partial charge is 0.140 e. The SMILES string of the molecule is C/C(=N/N1CC[NH+](C2c3ccccc3-c3ccccc32)CC1)c1ccc2ccccc2c1. The molecule has 1 fully saturated rings. The number of nitrogens with zero attached hydrogens (tertiary/aromatic N) is 2. The van der Waals surface area contributed by atoms with Gasteiger partial charge in [0.05, 0.1) is 31.9 Å². The molecule has 6 rings (SSSR count). The van der Waals surface area contributed by atoms with E-state index in [9.17, 15) is 0 Å². The van der Waals surface area contributed by atoms with E-state index in [1.54, 1.807) is 4.90 Å². The summed E-state index contributed by atoms with van der Waals surface area (Å²) in [6, 6.07) is 33.5. The number of piperazine rings is 1. The zero-order valence-electron chi connectivity index (χ0n) is 18.5. The number of benzene rings is 4. The Bertz CT molecular complexity index is 1270. The second-order valence-electron chi connectivity index (χ2n) is 8.97. The minimum absolute atomic E-state index is 0.440. The van der Waals surface area contributed by atoms with Gasteiger partial charge in [0.15, 0.2) is 0 Å². The second-order valence-corrected chi connectivity index (χ2v) is 8.97. The molecule has 0 spiro atoms. The van der Waals surface area contributed by atoms with Gasteiger partial charge < -0.3 is 4.90 Å². The Hall–Kier alpha value is -3.43. The Morgan fingerprint density at radius 1 is 0.750 bits per heavy atom. The largest absolute Gasteiger partial charge is 0.322 e. The van der Waals surface area contributed by atoms with Gasteiger partial charge in [-0.3, -0.25) is 5.01 Å². The molecule has 158 valence electrons. The van der Waals surface area contributed by atoms with Crippen LogP contribution in [0.25, 0.3) is 21.9 Å². The lowest BCUT2D eigenvalue weighted by atomic mass is 10.0. The summed E-state index contributed by atoms with van der Waals surface area (Å²) in [6.45, 7) is 6.30. The molecule has 32 heavy (non-hydrogen) atoms.